The maximum Gasteiger partial charge on any atom is 0.225 e. The molecule has 0 aromatic heterocycles. The van der Waals surface area contributed by atoms with Crippen molar-refractivity contribution in [3.8, 4) is 0 Å². The number of nitrogens with one attached hydrogen (secondary N) is 1. The summed E-state index contributed by atoms with van der Waals surface area (Å²) in [5.41, 5.74) is 7.98. The highest BCUT2D eigenvalue weighted by atomic mass is 16.1. The van der Waals surface area contributed by atoms with Gasteiger partial charge in [0, 0.05) is 11.5 Å². The summed E-state index contributed by atoms with van der Waals surface area (Å²) in [5.74, 6) is -0.234. The van der Waals surface area contributed by atoms with Crippen molar-refractivity contribution in [2.24, 2.45) is 10.5 Å². The second kappa shape index (κ2) is 4.62. The third kappa shape index (κ3) is 6.89. The second-order valence-corrected chi connectivity index (χ2v) is 3.73. The highest BCUT2D eigenvalue weighted by Gasteiger charge is 2.10. The molecular weight excluding hydrogens is 156 g/mol. The molecule has 5 nitrogen and oxygen atoms in total. The number of carbonyl (C=O) groups excluding carboxylic acids is 1. The molecule has 1 N–H and O–H groups in total. The van der Waals surface area contributed by atoms with Crippen LogP contribution in [-0.4, -0.2) is 19.0 Å². The predicted octanol–water partition coefficient (Wildman–Crippen LogP) is 1.46. The number of rotatable bonds is 3. The molecular formula is C7H14N4O. The molecule has 5 heteroatoms. The van der Waals surface area contributed by atoms with Gasteiger partial charge in [0.25, 0.3) is 0 Å². The van der Waals surface area contributed by atoms with Gasteiger partial charge < -0.3 is 5.32 Å². The summed E-state index contributed by atoms with van der Waals surface area (Å²) < 4.78 is 0. The number of nitrogens with zero attached hydrogens (tertiary/aromatic N) is 3. The average molecular weight is 170 g/mol. The first kappa shape index (κ1) is 10.8. The quantitative estimate of drug-likeness (QED) is 0.388. The minimum absolute atomic E-state index is 0.0615. The Balaban J connectivity index is 3.65. The van der Waals surface area contributed by atoms with E-state index in [-0.39, 0.29) is 17.9 Å². The molecule has 0 aliphatic rings. The molecule has 0 aromatic rings. The van der Waals surface area contributed by atoms with Crippen molar-refractivity contribution >= 4 is 5.91 Å². The van der Waals surface area contributed by atoms with Gasteiger partial charge in [-0.1, -0.05) is 25.9 Å². The van der Waals surface area contributed by atoms with Crippen LogP contribution in [0.15, 0.2) is 5.11 Å². The Morgan fingerprint density at radius 1 is 1.58 bits per heavy atom. The molecule has 0 rings (SSSR count). The molecule has 68 valence electrons. The molecule has 0 fully saturated rings. The minimum Gasteiger partial charge on any atom is -0.355 e. The van der Waals surface area contributed by atoms with Gasteiger partial charge in [-0.05, 0) is 10.9 Å². The molecule has 0 atom stereocenters. The van der Waals surface area contributed by atoms with Gasteiger partial charge in [0.05, 0.1) is 0 Å². The average Bonchev–Trinajstić information content (AvgIpc) is 1.95. The zero-order chi connectivity index (χ0) is 9.61. The lowest BCUT2D eigenvalue weighted by Crippen LogP contribution is -2.33. The summed E-state index contributed by atoms with van der Waals surface area (Å²) in [6, 6.07) is 0. The van der Waals surface area contributed by atoms with Gasteiger partial charge >= 0.3 is 0 Å². The van der Waals surface area contributed by atoms with Crippen molar-refractivity contribution in [2.75, 3.05) is 13.1 Å². The minimum atomic E-state index is -0.234. The van der Waals surface area contributed by atoms with Crippen molar-refractivity contribution in [1.82, 2.24) is 5.32 Å². The van der Waals surface area contributed by atoms with E-state index in [1.165, 1.54) is 0 Å². The lowest BCUT2D eigenvalue weighted by molar-refractivity contribution is -0.120. The maximum atomic E-state index is 10.9. The Labute approximate surface area is 71.8 Å². The van der Waals surface area contributed by atoms with Gasteiger partial charge in [0.1, 0.15) is 6.54 Å². The standard InChI is InChI=1S/C7H14N4O/c1-7(2,3)5-9-6(12)4-10-11-8/h4-5H2,1-3H3,(H,9,12). The summed E-state index contributed by atoms with van der Waals surface area (Å²) in [4.78, 5) is 13.4. The molecule has 0 radical (unpaired) electrons. The molecule has 0 saturated heterocycles. The van der Waals surface area contributed by atoms with Crippen molar-refractivity contribution in [1.29, 1.82) is 0 Å². The number of azide groups is 1. The molecule has 0 spiro atoms. The summed E-state index contributed by atoms with van der Waals surface area (Å²) in [7, 11) is 0. The van der Waals surface area contributed by atoms with Crippen LogP contribution in [0, 0.1) is 5.41 Å². The zero-order valence-corrected chi connectivity index (χ0v) is 7.66. The Morgan fingerprint density at radius 3 is 2.58 bits per heavy atom. The Morgan fingerprint density at radius 2 is 2.17 bits per heavy atom. The Hall–Kier alpha value is -1.22. The largest absolute Gasteiger partial charge is 0.355 e. The monoisotopic (exact) mass is 170 g/mol. The first-order valence-electron chi connectivity index (χ1n) is 3.73. The van der Waals surface area contributed by atoms with Gasteiger partial charge in [0.2, 0.25) is 5.91 Å². The molecule has 1 amide bonds. The fourth-order valence-corrected chi connectivity index (χ4v) is 0.515. The summed E-state index contributed by atoms with van der Waals surface area (Å²) in [6.07, 6.45) is 0. The van der Waals surface area contributed by atoms with Crippen molar-refractivity contribution in [3.63, 3.8) is 0 Å². The van der Waals surface area contributed by atoms with Crippen LogP contribution in [-0.2, 0) is 4.79 Å². The van der Waals surface area contributed by atoms with Crippen LogP contribution in [0.5, 0.6) is 0 Å². The van der Waals surface area contributed by atoms with Gasteiger partial charge in [-0.3, -0.25) is 4.79 Å². The normalized spacial score (nSPS) is 10.2. The second-order valence-electron chi connectivity index (χ2n) is 3.73. The molecule has 0 aliphatic heterocycles. The maximum absolute atomic E-state index is 10.9. The lowest BCUT2D eigenvalue weighted by Gasteiger charge is -2.18. The third-order valence-electron chi connectivity index (χ3n) is 1.09. The van der Waals surface area contributed by atoms with Gasteiger partial charge in [-0.15, -0.1) is 0 Å². The molecule has 0 bridgehead atoms. The first-order valence-corrected chi connectivity index (χ1v) is 3.73. The van der Waals surface area contributed by atoms with E-state index in [0.717, 1.165) is 0 Å². The van der Waals surface area contributed by atoms with E-state index >= 15 is 0 Å². The third-order valence-corrected chi connectivity index (χ3v) is 1.09. The van der Waals surface area contributed by atoms with Crippen LogP contribution in [0.4, 0.5) is 0 Å². The van der Waals surface area contributed by atoms with E-state index < -0.39 is 0 Å². The highest BCUT2D eigenvalue weighted by molar-refractivity contribution is 5.78. The van der Waals surface area contributed by atoms with Crippen LogP contribution in [0.1, 0.15) is 20.8 Å². The summed E-state index contributed by atoms with van der Waals surface area (Å²) in [6.45, 7) is 6.52. The molecule has 0 aromatic carbocycles. The van der Waals surface area contributed by atoms with Crippen LogP contribution >= 0.6 is 0 Å². The zero-order valence-electron chi connectivity index (χ0n) is 7.66. The highest BCUT2D eigenvalue weighted by Crippen LogP contribution is 2.09. The first-order chi connectivity index (χ1) is 5.45. The lowest BCUT2D eigenvalue weighted by atomic mass is 9.97. The van der Waals surface area contributed by atoms with Crippen LogP contribution in [0.25, 0.3) is 10.4 Å². The topological polar surface area (TPSA) is 77.9 Å². The van der Waals surface area contributed by atoms with Crippen molar-refractivity contribution in [3.05, 3.63) is 10.4 Å². The Bertz CT molecular complexity index is 200. The van der Waals surface area contributed by atoms with E-state index in [2.05, 4.69) is 15.3 Å². The Kier molecular flexibility index (Phi) is 4.15. The molecule has 0 unspecified atom stereocenters. The fraction of sp³-hybridized carbons (Fsp3) is 0.857. The number of amides is 1. The number of carbonyl (C=O) groups is 1. The smallest absolute Gasteiger partial charge is 0.225 e. The van der Waals surface area contributed by atoms with Gasteiger partial charge in [-0.25, -0.2) is 0 Å². The molecule has 0 aliphatic carbocycles. The van der Waals surface area contributed by atoms with E-state index in [1.54, 1.807) is 0 Å². The van der Waals surface area contributed by atoms with Crippen LogP contribution in [0.2, 0.25) is 0 Å². The van der Waals surface area contributed by atoms with E-state index in [9.17, 15) is 4.79 Å². The van der Waals surface area contributed by atoms with Gasteiger partial charge in [0.15, 0.2) is 0 Å². The SMILES string of the molecule is CC(C)(C)CNC(=O)CN=[N+]=[N-]. The number of hydrogen-bond acceptors (Lipinski definition) is 2. The number of hydrogen-bond donors (Lipinski definition) is 1. The van der Waals surface area contributed by atoms with E-state index in [4.69, 9.17) is 5.53 Å². The summed E-state index contributed by atoms with van der Waals surface area (Å²) >= 11 is 0. The van der Waals surface area contributed by atoms with Crippen molar-refractivity contribution in [2.45, 2.75) is 20.8 Å². The van der Waals surface area contributed by atoms with Gasteiger partial charge in [-0.2, -0.15) is 0 Å². The van der Waals surface area contributed by atoms with E-state index in [1.807, 2.05) is 20.8 Å². The van der Waals surface area contributed by atoms with Crippen LogP contribution in [0.3, 0.4) is 0 Å². The van der Waals surface area contributed by atoms with E-state index in [0.29, 0.717) is 6.54 Å². The fourth-order valence-electron chi connectivity index (χ4n) is 0.515. The summed E-state index contributed by atoms with van der Waals surface area (Å²) in [5, 5.41) is 5.79. The predicted molar refractivity (Wildman–Crippen MR) is 46.5 cm³/mol. The van der Waals surface area contributed by atoms with Crippen LogP contribution < -0.4 is 5.32 Å². The molecule has 0 heterocycles. The van der Waals surface area contributed by atoms with Crippen molar-refractivity contribution < 1.29 is 4.79 Å². The molecule has 12 heavy (non-hydrogen) atoms. The molecule has 0 saturated carbocycles.